The third-order valence-corrected chi connectivity index (χ3v) is 11.9. The lowest BCUT2D eigenvalue weighted by Gasteiger charge is -2.13. The third kappa shape index (κ3) is 8.14. The minimum atomic E-state index is -4.12. The molecule has 0 saturated carbocycles. The summed E-state index contributed by atoms with van der Waals surface area (Å²) in [6, 6.07) is 30.3. The molecule has 0 radical (unpaired) electrons. The fourth-order valence-electron chi connectivity index (χ4n) is 6.21. The minimum absolute atomic E-state index is 0.00329. The van der Waals surface area contributed by atoms with Gasteiger partial charge in [-0.05, 0) is 87.8 Å². The van der Waals surface area contributed by atoms with Gasteiger partial charge in [0.2, 0.25) is 0 Å². The second-order valence-electron chi connectivity index (χ2n) is 13.0. The number of sulfonamides is 2. The third-order valence-electron chi connectivity index (χ3n) is 9.19. The molecule has 16 heteroatoms. The Labute approximate surface area is 332 Å². The fourth-order valence-corrected chi connectivity index (χ4v) is 8.43. The number of fused-ring (bicyclic) bond motifs is 2. The zero-order chi connectivity index (χ0) is 40.3. The zero-order valence-corrected chi connectivity index (χ0v) is 31.9. The highest BCUT2D eigenvalue weighted by molar-refractivity contribution is 7.93. The quantitative estimate of drug-likeness (QED) is 0.0930. The van der Waals surface area contributed by atoms with Crippen molar-refractivity contribution in [3.8, 4) is 11.1 Å². The van der Waals surface area contributed by atoms with Gasteiger partial charge < -0.3 is 19.5 Å². The molecule has 0 aliphatic heterocycles. The standard InChI is InChI=1S/C42H32N6O8S2/c49-41(45-22-33-6-3-17-55-33)37-13-15-44-25-40(37)48-58(53,54)36-12-10-29-18-30(7-8-31(29)21-36)32-19-34(56-26-32)23-46-42(50)38-24-43-16-14-39(38)47-57(51,52)35-11-9-27-4-1-2-5-28(27)20-35/h1-21,24-26,48H,22-23H2,(H,43,47)(H,45,49)(H,46,50). The van der Waals surface area contributed by atoms with Crippen molar-refractivity contribution in [3.63, 3.8) is 0 Å². The number of nitrogens with one attached hydrogen (secondary N) is 4. The van der Waals surface area contributed by atoms with E-state index in [-0.39, 0.29) is 45.4 Å². The second kappa shape index (κ2) is 15.7. The summed E-state index contributed by atoms with van der Waals surface area (Å²) in [5, 5.41) is 8.52. The molecule has 0 fully saturated rings. The summed E-state index contributed by atoms with van der Waals surface area (Å²) in [6.45, 7) is 0.120. The Hall–Kier alpha value is -7.30. The first-order valence-electron chi connectivity index (χ1n) is 17.7. The van der Waals surface area contributed by atoms with Crippen molar-refractivity contribution in [2.24, 2.45) is 0 Å². The maximum atomic E-state index is 13.5. The van der Waals surface area contributed by atoms with E-state index in [1.165, 1.54) is 67.6 Å². The van der Waals surface area contributed by atoms with Crippen LogP contribution in [0.25, 0.3) is 32.7 Å². The lowest BCUT2D eigenvalue weighted by atomic mass is 10.0. The number of aromatic nitrogens is 2. The van der Waals surface area contributed by atoms with Gasteiger partial charge in [-0.3, -0.25) is 29.0 Å². The van der Waals surface area contributed by atoms with Crippen LogP contribution in [0.5, 0.6) is 0 Å². The molecule has 0 saturated heterocycles. The van der Waals surface area contributed by atoms with Crippen LogP contribution in [0, 0.1) is 0 Å². The van der Waals surface area contributed by atoms with Crippen LogP contribution in [0.4, 0.5) is 11.4 Å². The van der Waals surface area contributed by atoms with Crippen LogP contribution in [0.15, 0.2) is 165 Å². The Morgan fingerprint density at radius 1 is 0.534 bits per heavy atom. The van der Waals surface area contributed by atoms with Gasteiger partial charge in [-0.1, -0.05) is 48.5 Å². The van der Waals surface area contributed by atoms with Crippen molar-refractivity contribution in [2.75, 3.05) is 9.44 Å². The average molecular weight is 813 g/mol. The topological polar surface area (TPSA) is 203 Å². The van der Waals surface area contributed by atoms with Crippen molar-refractivity contribution in [1.82, 2.24) is 20.6 Å². The van der Waals surface area contributed by atoms with Crippen molar-refractivity contribution >= 4 is 64.8 Å². The molecular formula is C42H32N6O8S2. The Balaban J connectivity index is 0.923. The summed E-state index contributed by atoms with van der Waals surface area (Å²) >= 11 is 0. The molecule has 14 nitrogen and oxygen atoms in total. The highest BCUT2D eigenvalue weighted by Gasteiger charge is 2.22. The molecule has 4 heterocycles. The van der Waals surface area contributed by atoms with Crippen LogP contribution in [-0.4, -0.2) is 38.6 Å². The van der Waals surface area contributed by atoms with E-state index in [1.54, 1.807) is 42.5 Å². The van der Waals surface area contributed by atoms with E-state index in [0.717, 1.165) is 21.7 Å². The van der Waals surface area contributed by atoms with Crippen LogP contribution in [0.2, 0.25) is 0 Å². The summed E-state index contributed by atoms with van der Waals surface area (Å²) in [7, 11) is -8.15. The van der Waals surface area contributed by atoms with Crippen molar-refractivity contribution in [3.05, 3.63) is 169 Å². The monoisotopic (exact) mass is 812 g/mol. The van der Waals surface area contributed by atoms with E-state index < -0.39 is 31.9 Å². The van der Waals surface area contributed by atoms with Crippen LogP contribution in [0.1, 0.15) is 32.2 Å². The number of hydrogen-bond donors (Lipinski definition) is 4. The highest BCUT2D eigenvalue weighted by atomic mass is 32.2. The van der Waals surface area contributed by atoms with Gasteiger partial charge in [0, 0.05) is 24.2 Å². The molecule has 0 bridgehead atoms. The number of anilines is 2. The molecule has 4 N–H and O–H groups in total. The van der Waals surface area contributed by atoms with Gasteiger partial charge in [-0.25, -0.2) is 16.8 Å². The number of carbonyl (C=O) groups is 2. The van der Waals surface area contributed by atoms with Crippen LogP contribution < -0.4 is 20.1 Å². The lowest BCUT2D eigenvalue weighted by Crippen LogP contribution is -2.25. The fraction of sp³-hybridized carbons (Fsp3) is 0.0476. The average Bonchev–Trinajstić information content (AvgIpc) is 3.95. The smallest absolute Gasteiger partial charge is 0.261 e. The van der Waals surface area contributed by atoms with E-state index >= 15 is 0 Å². The first kappa shape index (κ1) is 37.6. The molecular weight excluding hydrogens is 781 g/mol. The zero-order valence-electron chi connectivity index (χ0n) is 30.2. The molecule has 4 aromatic heterocycles. The Kier molecular flexibility index (Phi) is 10.2. The van der Waals surface area contributed by atoms with Gasteiger partial charge in [0.25, 0.3) is 31.9 Å². The van der Waals surface area contributed by atoms with Crippen LogP contribution in [0.3, 0.4) is 0 Å². The number of amides is 2. The molecule has 0 aliphatic rings. The normalized spacial score (nSPS) is 11.7. The number of hydrogen-bond acceptors (Lipinski definition) is 10. The molecule has 0 unspecified atom stereocenters. The Morgan fingerprint density at radius 2 is 1.16 bits per heavy atom. The number of benzene rings is 4. The largest absolute Gasteiger partial charge is 0.467 e. The summed E-state index contributed by atoms with van der Waals surface area (Å²) in [6.07, 6.45) is 8.36. The van der Waals surface area contributed by atoms with E-state index in [1.807, 2.05) is 36.4 Å². The molecule has 0 spiro atoms. The number of rotatable bonds is 13. The first-order valence-corrected chi connectivity index (χ1v) is 20.6. The number of nitrogens with zero attached hydrogens (tertiary/aromatic N) is 2. The van der Waals surface area contributed by atoms with E-state index in [9.17, 15) is 26.4 Å². The van der Waals surface area contributed by atoms with E-state index in [0.29, 0.717) is 22.5 Å². The van der Waals surface area contributed by atoms with Gasteiger partial charge in [0.05, 0.1) is 64.1 Å². The maximum Gasteiger partial charge on any atom is 0.261 e. The summed E-state index contributed by atoms with van der Waals surface area (Å²) < 4.78 is 69.5. The molecule has 0 aliphatic carbocycles. The summed E-state index contributed by atoms with van der Waals surface area (Å²) in [4.78, 5) is 34.2. The van der Waals surface area contributed by atoms with Crippen LogP contribution in [-0.2, 0) is 33.1 Å². The Bertz CT molecular complexity index is 3060. The molecule has 2 amide bonds. The molecule has 290 valence electrons. The molecule has 4 aromatic carbocycles. The molecule has 8 rings (SSSR count). The predicted octanol–water partition coefficient (Wildman–Crippen LogP) is 7.10. The minimum Gasteiger partial charge on any atom is -0.467 e. The molecule has 0 atom stereocenters. The van der Waals surface area contributed by atoms with Gasteiger partial charge in [0.1, 0.15) is 11.5 Å². The highest BCUT2D eigenvalue weighted by Crippen LogP contribution is 2.29. The number of carbonyl (C=O) groups excluding carboxylic acids is 2. The van der Waals surface area contributed by atoms with Gasteiger partial charge in [0.15, 0.2) is 0 Å². The summed E-state index contributed by atoms with van der Waals surface area (Å²) in [5.74, 6) is -0.0987. The maximum absolute atomic E-state index is 13.5. The van der Waals surface area contributed by atoms with Crippen LogP contribution >= 0.6 is 0 Å². The molecule has 8 aromatic rings. The predicted molar refractivity (Wildman–Crippen MR) is 217 cm³/mol. The summed E-state index contributed by atoms with van der Waals surface area (Å²) in [5.41, 5.74) is 1.69. The van der Waals surface area contributed by atoms with E-state index in [2.05, 4.69) is 30.0 Å². The second-order valence-corrected chi connectivity index (χ2v) is 16.4. The van der Waals surface area contributed by atoms with Crippen molar-refractivity contribution in [2.45, 2.75) is 22.9 Å². The van der Waals surface area contributed by atoms with Crippen molar-refractivity contribution in [1.29, 1.82) is 0 Å². The first-order chi connectivity index (χ1) is 28.0. The lowest BCUT2D eigenvalue weighted by molar-refractivity contribution is 0.0941. The van der Waals surface area contributed by atoms with Gasteiger partial charge in [-0.2, -0.15) is 0 Å². The van der Waals surface area contributed by atoms with Crippen molar-refractivity contribution < 1.29 is 35.3 Å². The van der Waals surface area contributed by atoms with Gasteiger partial charge in [-0.15, -0.1) is 0 Å². The SMILES string of the molecule is O=C(NCc1ccco1)c1ccncc1NS(=O)(=O)c1ccc2cc(-c3coc(CNC(=O)c4cnccc4NS(=O)(=O)c4ccc5ccccc5c4)c3)ccc2c1. The Morgan fingerprint density at radius 3 is 1.91 bits per heavy atom. The number of furan rings is 2. The molecule has 58 heavy (non-hydrogen) atoms. The number of pyridine rings is 2. The van der Waals surface area contributed by atoms with E-state index in [4.69, 9.17) is 8.83 Å². The van der Waals surface area contributed by atoms with Gasteiger partial charge >= 0.3 is 0 Å².